The predicted octanol–water partition coefficient (Wildman–Crippen LogP) is 1.49. The molecule has 0 fully saturated rings. The maximum Gasteiger partial charge on any atom is 0.358 e. The Kier molecular flexibility index (Phi) is 3.62. The van der Waals surface area contributed by atoms with E-state index in [0.717, 1.165) is 6.42 Å². The number of ether oxygens (including phenoxy) is 1. The number of hydrogen-bond acceptors (Lipinski definition) is 4. The van der Waals surface area contributed by atoms with Gasteiger partial charge in [0.05, 0.1) is 19.0 Å². The lowest BCUT2D eigenvalue weighted by Crippen LogP contribution is -2.14. The number of aryl methyl sites for hydroxylation is 2. The Bertz CT molecular complexity index is 534. The van der Waals surface area contributed by atoms with Crippen LogP contribution in [-0.4, -0.2) is 22.9 Å². The molecule has 0 saturated heterocycles. The normalized spacial score (nSPS) is 10.3. The average molecular weight is 245 g/mol. The van der Waals surface area contributed by atoms with Crippen LogP contribution in [0, 0.1) is 0 Å². The predicted molar refractivity (Wildman–Crippen MR) is 68.1 cm³/mol. The summed E-state index contributed by atoms with van der Waals surface area (Å²) >= 11 is 0. The van der Waals surface area contributed by atoms with Gasteiger partial charge in [-0.05, 0) is 12.0 Å². The van der Waals surface area contributed by atoms with Crippen LogP contribution in [0.5, 0.6) is 0 Å². The Balaban J connectivity index is 2.13. The Morgan fingerprint density at radius 1 is 1.39 bits per heavy atom. The van der Waals surface area contributed by atoms with Crippen molar-refractivity contribution < 1.29 is 9.53 Å². The molecule has 1 aromatic carbocycles. The standard InChI is InChI=1S/C13H15N3O2/c1-18-13(17)12-11(14)9-15-16(12)8-7-10-5-3-2-4-6-10/h2-6,9H,7-8,14H2,1H3. The molecule has 0 spiro atoms. The minimum Gasteiger partial charge on any atom is -0.464 e. The van der Waals surface area contributed by atoms with E-state index in [4.69, 9.17) is 5.73 Å². The summed E-state index contributed by atoms with van der Waals surface area (Å²) in [5.74, 6) is -0.460. The molecule has 0 atom stereocenters. The largest absolute Gasteiger partial charge is 0.464 e. The highest BCUT2D eigenvalue weighted by Gasteiger charge is 2.16. The first-order chi connectivity index (χ1) is 8.72. The molecule has 0 amide bonds. The van der Waals surface area contributed by atoms with Gasteiger partial charge in [0.1, 0.15) is 0 Å². The fourth-order valence-corrected chi connectivity index (χ4v) is 1.77. The second-order valence-electron chi connectivity index (χ2n) is 3.90. The third kappa shape index (κ3) is 2.51. The number of anilines is 1. The maximum absolute atomic E-state index is 11.6. The van der Waals surface area contributed by atoms with E-state index in [9.17, 15) is 4.79 Å². The fraction of sp³-hybridized carbons (Fsp3) is 0.231. The van der Waals surface area contributed by atoms with Gasteiger partial charge in [0.15, 0.2) is 5.69 Å². The summed E-state index contributed by atoms with van der Waals surface area (Å²) in [6, 6.07) is 9.99. The number of esters is 1. The minimum atomic E-state index is -0.460. The van der Waals surface area contributed by atoms with Crippen LogP contribution in [0.1, 0.15) is 16.1 Å². The SMILES string of the molecule is COC(=O)c1c(N)cnn1CCc1ccccc1. The molecule has 0 unspecified atom stereocenters. The topological polar surface area (TPSA) is 70.1 Å². The first kappa shape index (κ1) is 12.2. The number of carbonyl (C=O) groups excluding carboxylic acids is 1. The molecule has 18 heavy (non-hydrogen) atoms. The van der Waals surface area contributed by atoms with E-state index in [1.165, 1.54) is 18.9 Å². The van der Waals surface area contributed by atoms with Crippen molar-refractivity contribution in [2.24, 2.45) is 0 Å². The zero-order valence-electron chi connectivity index (χ0n) is 10.2. The summed E-state index contributed by atoms with van der Waals surface area (Å²) in [7, 11) is 1.33. The van der Waals surface area contributed by atoms with Crippen molar-refractivity contribution in [1.29, 1.82) is 0 Å². The number of benzene rings is 1. The minimum absolute atomic E-state index is 0.313. The van der Waals surface area contributed by atoms with E-state index in [0.29, 0.717) is 17.9 Å². The zero-order valence-corrected chi connectivity index (χ0v) is 10.2. The van der Waals surface area contributed by atoms with Crippen molar-refractivity contribution in [3.05, 3.63) is 47.8 Å². The van der Waals surface area contributed by atoms with Crippen LogP contribution in [0.25, 0.3) is 0 Å². The molecule has 2 N–H and O–H groups in total. The van der Waals surface area contributed by atoms with E-state index in [-0.39, 0.29) is 0 Å². The van der Waals surface area contributed by atoms with Crippen LogP contribution in [0.2, 0.25) is 0 Å². The molecule has 0 radical (unpaired) electrons. The van der Waals surface area contributed by atoms with Gasteiger partial charge in [-0.1, -0.05) is 30.3 Å². The highest BCUT2D eigenvalue weighted by atomic mass is 16.5. The number of nitrogens with zero attached hydrogens (tertiary/aromatic N) is 2. The van der Waals surface area contributed by atoms with Crippen LogP contribution in [0.4, 0.5) is 5.69 Å². The average Bonchev–Trinajstić information content (AvgIpc) is 2.78. The quantitative estimate of drug-likeness (QED) is 0.828. The first-order valence-electron chi connectivity index (χ1n) is 5.66. The van der Waals surface area contributed by atoms with Gasteiger partial charge >= 0.3 is 5.97 Å². The molecule has 94 valence electrons. The van der Waals surface area contributed by atoms with Crippen LogP contribution in [0.3, 0.4) is 0 Å². The van der Waals surface area contributed by atoms with Gasteiger partial charge in [-0.25, -0.2) is 4.79 Å². The van der Waals surface area contributed by atoms with Gasteiger partial charge in [0.2, 0.25) is 0 Å². The lowest BCUT2D eigenvalue weighted by Gasteiger charge is -2.06. The number of nitrogens with two attached hydrogens (primary N) is 1. The molecule has 0 bridgehead atoms. The van der Waals surface area contributed by atoms with Crippen molar-refractivity contribution in [1.82, 2.24) is 9.78 Å². The highest BCUT2D eigenvalue weighted by Crippen LogP contribution is 2.13. The third-order valence-corrected chi connectivity index (χ3v) is 2.70. The Morgan fingerprint density at radius 3 is 2.78 bits per heavy atom. The lowest BCUT2D eigenvalue weighted by atomic mass is 10.1. The molecule has 2 rings (SSSR count). The highest BCUT2D eigenvalue weighted by molar-refractivity contribution is 5.92. The molecular formula is C13H15N3O2. The Hall–Kier alpha value is -2.30. The summed E-state index contributed by atoms with van der Waals surface area (Å²) < 4.78 is 6.27. The molecule has 0 aliphatic rings. The summed E-state index contributed by atoms with van der Waals surface area (Å²) in [5, 5.41) is 4.09. The van der Waals surface area contributed by atoms with Crippen LogP contribution < -0.4 is 5.73 Å². The van der Waals surface area contributed by atoms with E-state index in [2.05, 4.69) is 9.84 Å². The van der Waals surface area contributed by atoms with Crippen molar-refractivity contribution >= 4 is 11.7 Å². The zero-order chi connectivity index (χ0) is 13.0. The summed E-state index contributed by atoms with van der Waals surface area (Å²) in [5.41, 5.74) is 7.54. The van der Waals surface area contributed by atoms with Gasteiger partial charge < -0.3 is 10.5 Å². The molecule has 0 aliphatic carbocycles. The summed E-state index contributed by atoms with van der Waals surface area (Å²) in [6.07, 6.45) is 2.25. The molecule has 0 aliphatic heterocycles. The number of rotatable bonds is 4. The molecule has 1 heterocycles. The van der Waals surface area contributed by atoms with E-state index >= 15 is 0 Å². The summed E-state index contributed by atoms with van der Waals surface area (Å²) in [6.45, 7) is 0.589. The molecule has 5 nitrogen and oxygen atoms in total. The summed E-state index contributed by atoms with van der Waals surface area (Å²) in [4.78, 5) is 11.6. The number of carbonyl (C=O) groups is 1. The van der Waals surface area contributed by atoms with Gasteiger partial charge in [-0.2, -0.15) is 5.10 Å². The second kappa shape index (κ2) is 5.35. The van der Waals surface area contributed by atoms with Crippen molar-refractivity contribution in [3.63, 3.8) is 0 Å². The third-order valence-electron chi connectivity index (χ3n) is 2.70. The lowest BCUT2D eigenvalue weighted by molar-refractivity contribution is 0.0587. The maximum atomic E-state index is 11.6. The molecule has 0 saturated carbocycles. The van der Waals surface area contributed by atoms with Crippen molar-refractivity contribution in [3.8, 4) is 0 Å². The van der Waals surface area contributed by atoms with Crippen molar-refractivity contribution in [2.45, 2.75) is 13.0 Å². The Labute approximate surface area is 105 Å². The van der Waals surface area contributed by atoms with Gasteiger partial charge in [-0.3, -0.25) is 4.68 Å². The van der Waals surface area contributed by atoms with Crippen LogP contribution in [-0.2, 0) is 17.7 Å². The van der Waals surface area contributed by atoms with E-state index in [1.54, 1.807) is 4.68 Å². The number of hydrogen-bond donors (Lipinski definition) is 1. The van der Waals surface area contributed by atoms with E-state index < -0.39 is 5.97 Å². The van der Waals surface area contributed by atoms with Crippen LogP contribution >= 0.6 is 0 Å². The smallest absolute Gasteiger partial charge is 0.358 e. The Morgan fingerprint density at radius 2 is 2.11 bits per heavy atom. The molecular weight excluding hydrogens is 230 g/mol. The van der Waals surface area contributed by atoms with E-state index in [1.807, 2.05) is 30.3 Å². The van der Waals surface area contributed by atoms with Gasteiger partial charge in [0.25, 0.3) is 0 Å². The number of aromatic nitrogens is 2. The van der Waals surface area contributed by atoms with Gasteiger partial charge in [0, 0.05) is 6.54 Å². The van der Waals surface area contributed by atoms with Gasteiger partial charge in [-0.15, -0.1) is 0 Å². The number of methoxy groups -OCH3 is 1. The van der Waals surface area contributed by atoms with Crippen molar-refractivity contribution in [2.75, 3.05) is 12.8 Å². The molecule has 5 heteroatoms. The molecule has 1 aromatic heterocycles. The monoisotopic (exact) mass is 245 g/mol. The van der Waals surface area contributed by atoms with Crippen LogP contribution in [0.15, 0.2) is 36.5 Å². The second-order valence-corrected chi connectivity index (χ2v) is 3.90. The fourth-order valence-electron chi connectivity index (χ4n) is 1.77. The first-order valence-corrected chi connectivity index (χ1v) is 5.66. The molecule has 2 aromatic rings. The number of nitrogen functional groups attached to an aromatic ring is 1.